The molecule has 1 aromatic carbocycles. The highest BCUT2D eigenvalue weighted by molar-refractivity contribution is 7.98. The molecule has 1 atom stereocenters. The Hall–Kier alpha value is -2.55. The Labute approximate surface area is 177 Å². The van der Waals surface area contributed by atoms with Gasteiger partial charge < -0.3 is 10.1 Å². The summed E-state index contributed by atoms with van der Waals surface area (Å²) < 4.78 is 5.75. The fourth-order valence-corrected chi connectivity index (χ4v) is 4.41. The number of anilines is 2. The number of hydrogen-bond donors (Lipinski definition) is 1. The fraction of sp³-hybridized carbons (Fsp3) is 0.238. The maximum Gasteiger partial charge on any atom is 0.190 e. The van der Waals surface area contributed by atoms with Crippen LogP contribution < -0.4 is 5.32 Å². The second-order valence-corrected chi connectivity index (χ2v) is 8.22. The Kier molecular flexibility index (Phi) is 6.33. The van der Waals surface area contributed by atoms with Crippen LogP contribution in [0.15, 0.2) is 59.9 Å². The quantitative estimate of drug-likeness (QED) is 0.291. The third kappa shape index (κ3) is 5.09. The summed E-state index contributed by atoms with van der Waals surface area (Å²) in [4.78, 5) is 19.2. The maximum atomic E-state index is 5.75. The minimum absolute atomic E-state index is 0.114. The van der Waals surface area contributed by atoms with Gasteiger partial charge in [-0.3, -0.25) is 0 Å². The fourth-order valence-electron chi connectivity index (χ4n) is 2.77. The van der Waals surface area contributed by atoms with E-state index in [1.54, 1.807) is 18.0 Å². The van der Waals surface area contributed by atoms with Gasteiger partial charge in [-0.1, -0.05) is 53.4 Å². The van der Waals surface area contributed by atoms with Gasteiger partial charge in [-0.05, 0) is 31.5 Å². The second kappa shape index (κ2) is 9.30. The number of nitrogens with zero attached hydrogens (tertiary/aromatic N) is 4. The van der Waals surface area contributed by atoms with Crippen molar-refractivity contribution in [3.8, 4) is 0 Å². The van der Waals surface area contributed by atoms with E-state index in [9.17, 15) is 0 Å². The largest absolute Gasteiger partial charge is 0.372 e. The van der Waals surface area contributed by atoms with E-state index in [2.05, 4.69) is 32.4 Å². The van der Waals surface area contributed by atoms with Crippen LogP contribution in [0.5, 0.6) is 0 Å². The monoisotopic (exact) mass is 423 g/mol. The number of rotatable bonds is 8. The summed E-state index contributed by atoms with van der Waals surface area (Å²) in [7, 11) is 0. The van der Waals surface area contributed by atoms with E-state index in [1.807, 2.05) is 50.2 Å². The molecule has 6 nitrogen and oxygen atoms in total. The molecule has 0 aliphatic rings. The molecule has 3 aromatic heterocycles. The van der Waals surface area contributed by atoms with Gasteiger partial charge in [-0.2, -0.15) is 0 Å². The average molecular weight is 424 g/mol. The first-order valence-electron chi connectivity index (χ1n) is 9.37. The zero-order valence-electron chi connectivity index (χ0n) is 16.2. The zero-order valence-corrected chi connectivity index (χ0v) is 17.8. The van der Waals surface area contributed by atoms with Gasteiger partial charge in [-0.15, -0.1) is 0 Å². The lowest BCUT2D eigenvalue weighted by Gasteiger charge is -2.14. The van der Waals surface area contributed by atoms with Crippen LogP contribution >= 0.6 is 23.1 Å². The molecular weight excluding hydrogens is 402 g/mol. The summed E-state index contributed by atoms with van der Waals surface area (Å²) in [6.07, 6.45) is 1.66. The van der Waals surface area contributed by atoms with Crippen molar-refractivity contribution in [1.29, 1.82) is 0 Å². The zero-order chi connectivity index (χ0) is 20.1. The molecule has 0 fully saturated rings. The molecule has 4 rings (SSSR count). The van der Waals surface area contributed by atoms with Gasteiger partial charge >= 0.3 is 0 Å². The normalized spacial score (nSPS) is 12.2. The van der Waals surface area contributed by atoms with E-state index in [1.165, 1.54) is 16.9 Å². The van der Waals surface area contributed by atoms with E-state index in [-0.39, 0.29) is 6.10 Å². The van der Waals surface area contributed by atoms with Gasteiger partial charge in [-0.25, -0.2) is 19.9 Å². The van der Waals surface area contributed by atoms with Crippen LogP contribution in [0.25, 0.3) is 10.3 Å². The first kappa shape index (κ1) is 19.8. The molecule has 0 spiro atoms. The van der Waals surface area contributed by atoms with E-state index >= 15 is 0 Å². The smallest absolute Gasteiger partial charge is 0.190 e. The number of thioether (sulfide) groups is 1. The summed E-state index contributed by atoms with van der Waals surface area (Å²) in [6.45, 7) is 4.61. The Bertz CT molecular complexity index is 1050. The minimum Gasteiger partial charge on any atom is -0.372 e. The van der Waals surface area contributed by atoms with Crippen molar-refractivity contribution >= 4 is 44.4 Å². The summed E-state index contributed by atoms with van der Waals surface area (Å²) in [6, 6.07) is 16.1. The molecule has 0 radical (unpaired) electrons. The molecule has 0 saturated carbocycles. The lowest BCUT2D eigenvalue weighted by molar-refractivity contribution is 0.0728. The van der Waals surface area contributed by atoms with E-state index in [0.717, 1.165) is 26.9 Å². The van der Waals surface area contributed by atoms with Crippen LogP contribution in [0.1, 0.15) is 31.2 Å². The summed E-state index contributed by atoms with van der Waals surface area (Å²) >= 11 is 3.11. The molecule has 0 aliphatic heterocycles. The standard InChI is InChI=1S/C21H21N5OS2/c1-3-27-14(2)17-12-18(26-21-23-16-10-7-11-22-19(16)29-21)25-20(24-17)28-13-15-8-5-4-6-9-15/h4-12,14H,3,13H2,1-2H3,(H,23,24,25,26). The molecule has 148 valence electrons. The Balaban J connectivity index is 1.59. The van der Waals surface area contributed by atoms with Crippen LogP contribution in [0, 0.1) is 0 Å². The molecule has 0 saturated heterocycles. The lowest BCUT2D eigenvalue weighted by atomic mass is 10.2. The highest BCUT2D eigenvalue weighted by Gasteiger charge is 2.13. The number of thiazole rings is 1. The molecule has 0 bridgehead atoms. The Morgan fingerprint density at radius 2 is 1.97 bits per heavy atom. The van der Waals surface area contributed by atoms with Crippen molar-refractivity contribution in [2.45, 2.75) is 30.9 Å². The average Bonchev–Trinajstić information content (AvgIpc) is 3.15. The van der Waals surface area contributed by atoms with Crippen LogP contribution in [0.4, 0.5) is 10.9 Å². The van der Waals surface area contributed by atoms with Gasteiger partial charge in [0.15, 0.2) is 10.3 Å². The van der Waals surface area contributed by atoms with Gasteiger partial charge in [0.2, 0.25) is 0 Å². The third-order valence-corrected chi connectivity index (χ3v) is 5.98. The summed E-state index contributed by atoms with van der Waals surface area (Å²) in [5, 5.41) is 4.78. The molecule has 0 amide bonds. The molecule has 4 aromatic rings. The van der Waals surface area contributed by atoms with Crippen molar-refractivity contribution < 1.29 is 4.74 Å². The first-order chi connectivity index (χ1) is 14.2. The van der Waals surface area contributed by atoms with E-state index < -0.39 is 0 Å². The van der Waals surface area contributed by atoms with Crippen molar-refractivity contribution in [1.82, 2.24) is 19.9 Å². The van der Waals surface area contributed by atoms with Gasteiger partial charge in [0, 0.05) is 24.6 Å². The SMILES string of the molecule is CCOC(C)c1cc(Nc2nc3cccnc3s2)nc(SCc2ccccc2)n1. The Morgan fingerprint density at radius 3 is 2.76 bits per heavy atom. The number of aromatic nitrogens is 4. The molecule has 3 heterocycles. The number of ether oxygens (including phenoxy) is 1. The summed E-state index contributed by atoms with van der Waals surface area (Å²) in [5.74, 6) is 1.51. The topological polar surface area (TPSA) is 72.8 Å². The number of pyridine rings is 1. The summed E-state index contributed by atoms with van der Waals surface area (Å²) in [5.41, 5.74) is 2.95. The van der Waals surface area contributed by atoms with Gasteiger partial charge in [0.05, 0.1) is 11.8 Å². The number of fused-ring (bicyclic) bond motifs is 1. The van der Waals surface area contributed by atoms with Crippen LogP contribution in [0.3, 0.4) is 0 Å². The van der Waals surface area contributed by atoms with Crippen molar-refractivity contribution in [3.63, 3.8) is 0 Å². The van der Waals surface area contributed by atoms with Crippen LogP contribution in [-0.4, -0.2) is 26.5 Å². The molecule has 0 aliphatic carbocycles. The number of hydrogen-bond acceptors (Lipinski definition) is 8. The molecule has 8 heteroatoms. The van der Waals surface area contributed by atoms with Crippen LogP contribution in [-0.2, 0) is 10.5 Å². The van der Waals surface area contributed by atoms with Gasteiger partial charge in [0.25, 0.3) is 0 Å². The first-order valence-corrected chi connectivity index (χ1v) is 11.2. The molecular formula is C21H21N5OS2. The van der Waals surface area contributed by atoms with Crippen molar-refractivity contribution in [3.05, 3.63) is 66.0 Å². The van der Waals surface area contributed by atoms with E-state index in [4.69, 9.17) is 9.72 Å². The van der Waals surface area contributed by atoms with Gasteiger partial charge in [0.1, 0.15) is 16.2 Å². The Morgan fingerprint density at radius 1 is 1.10 bits per heavy atom. The van der Waals surface area contributed by atoms with Crippen molar-refractivity contribution in [2.24, 2.45) is 0 Å². The maximum absolute atomic E-state index is 5.75. The van der Waals surface area contributed by atoms with Crippen LogP contribution in [0.2, 0.25) is 0 Å². The second-order valence-electron chi connectivity index (χ2n) is 6.30. The predicted molar refractivity (Wildman–Crippen MR) is 119 cm³/mol. The van der Waals surface area contributed by atoms with E-state index in [0.29, 0.717) is 17.6 Å². The third-order valence-electron chi connectivity index (χ3n) is 4.17. The van der Waals surface area contributed by atoms with Crippen molar-refractivity contribution in [2.75, 3.05) is 11.9 Å². The highest BCUT2D eigenvalue weighted by Crippen LogP contribution is 2.29. The number of benzene rings is 1. The molecule has 1 N–H and O–H groups in total. The highest BCUT2D eigenvalue weighted by atomic mass is 32.2. The lowest BCUT2D eigenvalue weighted by Crippen LogP contribution is -2.06. The number of nitrogens with one attached hydrogen (secondary N) is 1. The minimum atomic E-state index is -0.114. The molecule has 29 heavy (non-hydrogen) atoms. The predicted octanol–water partition coefficient (Wildman–Crippen LogP) is 5.61. The molecule has 1 unspecified atom stereocenters.